The van der Waals surface area contributed by atoms with Gasteiger partial charge in [0.25, 0.3) is 5.91 Å². The van der Waals surface area contributed by atoms with Crippen LogP contribution in [0.2, 0.25) is 0 Å². The minimum atomic E-state index is -0.105. The number of nitrogens with zero attached hydrogens (tertiary/aromatic N) is 3. The lowest BCUT2D eigenvalue weighted by molar-refractivity contribution is 0.0767. The summed E-state index contributed by atoms with van der Waals surface area (Å²) in [5.41, 5.74) is 0.560. The highest BCUT2D eigenvalue weighted by atomic mass is 16.5. The summed E-state index contributed by atoms with van der Waals surface area (Å²) in [6.45, 7) is 1.13. The minimum absolute atomic E-state index is 0.0561. The molecule has 0 N–H and O–H groups in total. The third-order valence-electron chi connectivity index (χ3n) is 3.88. The molecule has 1 saturated heterocycles. The second-order valence-corrected chi connectivity index (χ2v) is 5.39. The Morgan fingerprint density at radius 2 is 1.83 bits per heavy atom. The van der Waals surface area contributed by atoms with E-state index in [4.69, 9.17) is 14.2 Å². The number of hydrogen-bond donors (Lipinski definition) is 0. The summed E-state index contributed by atoms with van der Waals surface area (Å²) in [7, 11) is 3.09. The normalized spacial score (nSPS) is 16.8. The van der Waals surface area contributed by atoms with Gasteiger partial charge in [0.2, 0.25) is 11.8 Å². The van der Waals surface area contributed by atoms with Crippen molar-refractivity contribution in [1.29, 1.82) is 0 Å². The molecule has 1 aromatic carbocycles. The first-order valence-electron chi connectivity index (χ1n) is 7.68. The van der Waals surface area contributed by atoms with Gasteiger partial charge in [-0.25, -0.2) is 0 Å². The largest absolute Gasteiger partial charge is 0.496 e. The number of hydrogen-bond acceptors (Lipinski definition) is 6. The van der Waals surface area contributed by atoms with Crippen molar-refractivity contribution in [3.8, 4) is 17.5 Å². The predicted molar refractivity (Wildman–Crippen MR) is 86.5 cm³/mol. The van der Waals surface area contributed by atoms with Crippen molar-refractivity contribution >= 4 is 5.91 Å². The molecular formula is C17H19N3O4. The number of benzene rings is 1. The Morgan fingerprint density at radius 3 is 2.54 bits per heavy atom. The molecule has 3 rings (SSSR count). The van der Waals surface area contributed by atoms with Crippen molar-refractivity contribution in [2.24, 2.45) is 0 Å². The average molecular weight is 329 g/mol. The van der Waals surface area contributed by atoms with Gasteiger partial charge in [-0.15, -0.1) is 10.2 Å². The monoisotopic (exact) mass is 329 g/mol. The maximum Gasteiger partial charge on any atom is 0.257 e. The first-order chi connectivity index (χ1) is 11.7. The molecule has 126 valence electrons. The van der Waals surface area contributed by atoms with Crippen LogP contribution in [0, 0.1) is 0 Å². The second-order valence-electron chi connectivity index (χ2n) is 5.39. The highest BCUT2D eigenvalue weighted by Crippen LogP contribution is 2.23. The average Bonchev–Trinajstić information content (AvgIpc) is 3.10. The van der Waals surface area contributed by atoms with E-state index in [0.29, 0.717) is 36.2 Å². The van der Waals surface area contributed by atoms with E-state index in [0.717, 1.165) is 6.42 Å². The van der Waals surface area contributed by atoms with E-state index in [9.17, 15) is 4.79 Å². The van der Waals surface area contributed by atoms with Crippen LogP contribution >= 0.6 is 0 Å². The summed E-state index contributed by atoms with van der Waals surface area (Å²) < 4.78 is 16.0. The van der Waals surface area contributed by atoms with Crippen LogP contribution < -0.4 is 14.2 Å². The van der Waals surface area contributed by atoms with E-state index in [1.807, 2.05) is 12.1 Å². The first kappa shape index (κ1) is 16.0. The molecule has 1 aliphatic heterocycles. The quantitative estimate of drug-likeness (QED) is 0.832. The lowest BCUT2D eigenvalue weighted by Crippen LogP contribution is -2.31. The summed E-state index contributed by atoms with van der Waals surface area (Å²) in [6, 6.07) is 10.6. The number of para-hydroxylation sites is 1. The van der Waals surface area contributed by atoms with E-state index in [-0.39, 0.29) is 12.0 Å². The van der Waals surface area contributed by atoms with Crippen molar-refractivity contribution in [2.45, 2.75) is 12.5 Å². The second kappa shape index (κ2) is 7.16. The molecule has 2 aromatic rings. The zero-order valence-corrected chi connectivity index (χ0v) is 13.6. The van der Waals surface area contributed by atoms with Gasteiger partial charge in [-0.05, 0) is 12.1 Å². The van der Waals surface area contributed by atoms with Gasteiger partial charge < -0.3 is 19.1 Å². The van der Waals surface area contributed by atoms with Crippen molar-refractivity contribution in [3.63, 3.8) is 0 Å². The third kappa shape index (κ3) is 3.40. The molecule has 7 nitrogen and oxygen atoms in total. The van der Waals surface area contributed by atoms with Gasteiger partial charge in [0.05, 0.1) is 26.3 Å². The summed E-state index contributed by atoms with van der Waals surface area (Å²) in [4.78, 5) is 14.4. The maximum atomic E-state index is 12.7. The summed E-state index contributed by atoms with van der Waals surface area (Å²) in [6.07, 6.45) is 0.639. The standard InChI is InChI=1S/C17H19N3O4/c1-22-14-6-4-3-5-13(14)17(21)20-10-9-12(11-20)24-16-8-7-15(23-2)18-19-16/h3-8,12H,9-11H2,1-2H3. The van der Waals surface area contributed by atoms with Gasteiger partial charge in [0.15, 0.2) is 0 Å². The van der Waals surface area contributed by atoms with Crippen molar-refractivity contribution in [2.75, 3.05) is 27.3 Å². The van der Waals surface area contributed by atoms with Crippen LogP contribution in [-0.4, -0.2) is 54.4 Å². The molecule has 0 aliphatic carbocycles. The Kier molecular flexibility index (Phi) is 4.79. The van der Waals surface area contributed by atoms with Gasteiger partial charge >= 0.3 is 0 Å². The lowest BCUT2D eigenvalue weighted by Gasteiger charge is -2.18. The van der Waals surface area contributed by atoms with Gasteiger partial charge in [-0.1, -0.05) is 12.1 Å². The fourth-order valence-electron chi connectivity index (χ4n) is 2.65. The van der Waals surface area contributed by atoms with Gasteiger partial charge in [0.1, 0.15) is 11.9 Å². The summed E-state index contributed by atoms with van der Waals surface area (Å²) in [5, 5.41) is 7.82. The molecule has 1 aliphatic rings. The molecule has 1 aromatic heterocycles. The Balaban J connectivity index is 1.63. The zero-order chi connectivity index (χ0) is 16.9. The van der Waals surface area contributed by atoms with Crippen molar-refractivity contribution in [3.05, 3.63) is 42.0 Å². The molecule has 1 amide bonds. The third-order valence-corrected chi connectivity index (χ3v) is 3.88. The van der Waals surface area contributed by atoms with Crippen molar-refractivity contribution < 1.29 is 19.0 Å². The molecule has 1 fully saturated rings. The Hall–Kier alpha value is -2.83. The minimum Gasteiger partial charge on any atom is -0.496 e. The Morgan fingerprint density at radius 1 is 1.08 bits per heavy atom. The van der Waals surface area contributed by atoms with Crippen molar-refractivity contribution in [1.82, 2.24) is 15.1 Å². The van der Waals surface area contributed by atoms with Gasteiger partial charge in [0, 0.05) is 25.1 Å². The van der Waals surface area contributed by atoms with Crippen LogP contribution in [0.3, 0.4) is 0 Å². The number of methoxy groups -OCH3 is 2. The van der Waals surface area contributed by atoms with Crippen LogP contribution in [0.4, 0.5) is 0 Å². The van der Waals surface area contributed by atoms with E-state index in [1.165, 1.54) is 7.11 Å². The van der Waals surface area contributed by atoms with E-state index in [1.54, 1.807) is 36.3 Å². The smallest absolute Gasteiger partial charge is 0.257 e. The van der Waals surface area contributed by atoms with Crippen LogP contribution in [-0.2, 0) is 0 Å². The first-order valence-corrected chi connectivity index (χ1v) is 7.68. The predicted octanol–water partition coefficient (Wildman–Crippen LogP) is 1.79. The van der Waals surface area contributed by atoms with E-state index in [2.05, 4.69) is 10.2 Å². The van der Waals surface area contributed by atoms with Crippen LogP contribution in [0.15, 0.2) is 36.4 Å². The molecule has 1 unspecified atom stereocenters. The Bertz CT molecular complexity index is 705. The molecule has 0 bridgehead atoms. The Labute approximate surface area is 140 Å². The summed E-state index contributed by atoms with van der Waals surface area (Å²) in [5.74, 6) is 1.38. The molecule has 24 heavy (non-hydrogen) atoms. The lowest BCUT2D eigenvalue weighted by atomic mass is 10.2. The van der Waals surface area contributed by atoms with Crippen LogP contribution in [0.25, 0.3) is 0 Å². The number of carbonyl (C=O) groups excluding carboxylic acids is 1. The number of likely N-dealkylation sites (tertiary alicyclic amines) is 1. The molecular weight excluding hydrogens is 310 g/mol. The highest BCUT2D eigenvalue weighted by molar-refractivity contribution is 5.97. The van der Waals surface area contributed by atoms with Crippen LogP contribution in [0.5, 0.6) is 17.5 Å². The van der Waals surface area contributed by atoms with Gasteiger partial charge in [-0.3, -0.25) is 4.79 Å². The number of amides is 1. The number of rotatable bonds is 5. The maximum absolute atomic E-state index is 12.7. The number of carbonyl (C=O) groups is 1. The molecule has 0 saturated carbocycles. The topological polar surface area (TPSA) is 73.8 Å². The molecule has 0 spiro atoms. The number of ether oxygens (including phenoxy) is 3. The SMILES string of the molecule is COc1ccc(OC2CCN(C(=O)c3ccccc3OC)C2)nn1. The number of aromatic nitrogens is 2. The summed E-state index contributed by atoms with van der Waals surface area (Å²) >= 11 is 0. The van der Waals surface area contributed by atoms with E-state index < -0.39 is 0 Å². The van der Waals surface area contributed by atoms with E-state index >= 15 is 0 Å². The molecule has 0 radical (unpaired) electrons. The molecule has 1 atom stereocenters. The molecule has 2 heterocycles. The fraction of sp³-hybridized carbons (Fsp3) is 0.353. The fourth-order valence-corrected chi connectivity index (χ4v) is 2.65. The highest BCUT2D eigenvalue weighted by Gasteiger charge is 2.29. The molecule has 7 heteroatoms. The zero-order valence-electron chi connectivity index (χ0n) is 13.6. The van der Waals surface area contributed by atoms with Crippen LogP contribution in [0.1, 0.15) is 16.8 Å². The van der Waals surface area contributed by atoms with Gasteiger partial charge in [-0.2, -0.15) is 0 Å².